The molecule has 0 aliphatic heterocycles. The molecule has 1 aromatic rings. The first-order chi connectivity index (χ1) is 6.42. The van der Waals surface area contributed by atoms with Crippen LogP contribution in [-0.4, -0.2) is 28.6 Å². The van der Waals surface area contributed by atoms with E-state index in [4.69, 9.17) is 9.47 Å². The van der Waals surface area contributed by atoms with E-state index in [9.17, 15) is 4.79 Å². The fourth-order valence-corrected chi connectivity index (χ4v) is 0.820. The highest BCUT2D eigenvalue weighted by Gasteiger charge is 2.18. The van der Waals surface area contributed by atoms with E-state index < -0.39 is 11.7 Å². The summed E-state index contributed by atoms with van der Waals surface area (Å²) in [6.07, 6.45) is 2.40. The van der Waals surface area contributed by atoms with E-state index in [-0.39, 0.29) is 0 Å². The van der Waals surface area contributed by atoms with Crippen molar-refractivity contribution in [1.29, 1.82) is 0 Å². The zero-order valence-corrected chi connectivity index (χ0v) is 8.77. The fourth-order valence-electron chi connectivity index (χ4n) is 0.820. The molecule has 0 spiro atoms. The predicted molar refractivity (Wildman–Crippen MR) is 50.4 cm³/mol. The number of ether oxygens (including phenoxy) is 2. The van der Waals surface area contributed by atoms with Crippen LogP contribution in [0.5, 0.6) is 5.75 Å². The average molecular weight is 198 g/mol. The van der Waals surface area contributed by atoms with Gasteiger partial charge in [-0.15, -0.1) is 0 Å². The van der Waals surface area contributed by atoms with Gasteiger partial charge in [0.05, 0.1) is 19.5 Å². The Morgan fingerprint density at radius 1 is 1.50 bits per heavy atom. The Kier molecular flexibility index (Phi) is 2.78. The van der Waals surface area contributed by atoms with Crippen LogP contribution in [-0.2, 0) is 4.74 Å². The lowest BCUT2D eigenvalue weighted by atomic mass is 10.2. The number of nitrogens with zero attached hydrogens (tertiary/aromatic N) is 2. The van der Waals surface area contributed by atoms with Crippen LogP contribution in [0.15, 0.2) is 12.4 Å². The number of hydrogen-bond acceptors (Lipinski definition) is 4. The first-order valence-corrected chi connectivity index (χ1v) is 4.24. The van der Waals surface area contributed by atoms with Crippen LogP contribution >= 0.6 is 0 Å². The third-order valence-corrected chi connectivity index (χ3v) is 1.38. The third kappa shape index (κ3) is 2.76. The molecule has 0 amide bonds. The van der Waals surface area contributed by atoms with E-state index in [0.717, 1.165) is 4.68 Å². The summed E-state index contributed by atoms with van der Waals surface area (Å²) in [6.45, 7) is 5.39. The second kappa shape index (κ2) is 3.69. The Hall–Kier alpha value is -1.52. The Balaban J connectivity index is 2.70. The third-order valence-electron chi connectivity index (χ3n) is 1.38. The molecule has 1 heterocycles. The topological polar surface area (TPSA) is 53.4 Å². The molecule has 0 atom stereocenters. The van der Waals surface area contributed by atoms with E-state index in [1.807, 2.05) is 0 Å². The molecule has 0 aliphatic carbocycles. The molecular weight excluding hydrogens is 184 g/mol. The lowest BCUT2D eigenvalue weighted by Gasteiger charge is -2.18. The standard InChI is InChI=1S/C9H14N2O3/c1-9(2,3)14-8(12)11-6-7(13-4)5-10-11/h5-6H,1-4H3. The zero-order valence-electron chi connectivity index (χ0n) is 8.77. The Labute approximate surface area is 82.6 Å². The second-order valence-electron chi connectivity index (χ2n) is 3.81. The molecule has 0 unspecified atom stereocenters. The van der Waals surface area contributed by atoms with Crippen LogP contribution < -0.4 is 4.74 Å². The molecule has 0 aliphatic rings. The number of carbonyl (C=O) groups is 1. The van der Waals surface area contributed by atoms with Crippen molar-refractivity contribution in [2.24, 2.45) is 0 Å². The second-order valence-corrected chi connectivity index (χ2v) is 3.81. The SMILES string of the molecule is COc1cnn(C(=O)OC(C)(C)C)c1. The molecular formula is C9H14N2O3. The summed E-state index contributed by atoms with van der Waals surface area (Å²) < 4.78 is 11.1. The highest BCUT2D eigenvalue weighted by atomic mass is 16.6. The van der Waals surface area contributed by atoms with Gasteiger partial charge in [0, 0.05) is 0 Å². The van der Waals surface area contributed by atoms with Gasteiger partial charge >= 0.3 is 6.09 Å². The Morgan fingerprint density at radius 3 is 2.57 bits per heavy atom. The minimum absolute atomic E-state index is 0.513. The van der Waals surface area contributed by atoms with Gasteiger partial charge in [0.15, 0.2) is 5.75 Å². The van der Waals surface area contributed by atoms with Crippen LogP contribution in [0, 0.1) is 0 Å². The van der Waals surface area contributed by atoms with E-state index in [1.165, 1.54) is 19.5 Å². The molecule has 5 heteroatoms. The van der Waals surface area contributed by atoms with E-state index in [0.29, 0.717) is 5.75 Å². The van der Waals surface area contributed by atoms with Gasteiger partial charge in [-0.05, 0) is 20.8 Å². The molecule has 1 rings (SSSR count). The minimum Gasteiger partial charge on any atom is -0.493 e. The molecule has 14 heavy (non-hydrogen) atoms. The summed E-state index contributed by atoms with van der Waals surface area (Å²) in [5.41, 5.74) is -0.518. The first kappa shape index (κ1) is 10.6. The summed E-state index contributed by atoms with van der Waals surface area (Å²) in [4.78, 5) is 11.4. The summed E-state index contributed by atoms with van der Waals surface area (Å²) in [5, 5.41) is 3.79. The van der Waals surface area contributed by atoms with Crippen LogP contribution in [0.25, 0.3) is 0 Å². The maximum atomic E-state index is 11.4. The van der Waals surface area contributed by atoms with Crippen LogP contribution in [0.2, 0.25) is 0 Å². The maximum absolute atomic E-state index is 11.4. The summed E-state index contributed by atoms with van der Waals surface area (Å²) >= 11 is 0. The highest BCUT2D eigenvalue weighted by Crippen LogP contribution is 2.11. The minimum atomic E-state index is -0.518. The van der Waals surface area contributed by atoms with Crippen molar-refractivity contribution in [2.75, 3.05) is 7.11 Å². The van der Waals surface area contributed by atoms with Gasteiger partial charge in [-0.1, -0.05) is 0 Å². The predicted octanol–water partition coefficient (Wildman–Crippen LogP) is 1.67. The van der Waals surface area contributed by atoms with Crippen molar-refractivity contribution in [3.05, 3.63) is 12.4 Å². The monoisotopic (exact) mass is 198 g/mol. The molecule has 0 saturated carbocycles. The largest absolute Gasteiger partial charge is 0.493 e. The smallest absolute Gasteiger partial charge is 0.435 e. The highest BCUT2D eigenvalue weighted by molar-refractivity contribution is 5.70. The number of methoxy groups -OCH3 is 1. The zero-order chi connectivity index (χ0) is 10.8. The average Bonchev–Trinajstić information content (AvgIpc) is 2.48. The van der Waals surface area contributed by atoms with Crippen molar-refractivity contribution in [3.8, 4) is 5.75 Å². The summed E-state index contributed by atoms with van der Waals surface area (Å²) in [6, 6.07) is 0. The van der Waals surface area contributed by atoms with E-state index >= 15 is 0 Å². The molecule has 5 nitrogen and oxygen atoms in total. The number of aromatic nitrogens is 2. The first-order valence-electron chi connectivity index (χ1n) is 4.24. The fraction of sp³-hybridized carbons (Fsp3) is 0.556. The molecule has 0 N–H and O–H groups in total. The van der Waals surface area contributed by atoms with Gasteiger partial charge in [-0.25, -0.2) is 4.79 Å². The normalized spacial score (nSPS) is 11.1. The van der Waals surface area contributed by atoms with Crippen LogP contribution in [0.1, 0.15) is 20.8 Å². The van der Waals surface area contributed by atoms with Gasteiger partial charge in [0.25, 0.3) is 0 Å². The molecule has 1 aromatic heterocycles. The van der Waals surface area contributed by atoms with Crippen molar-refractivity contribution in [1.82, 2.24) is 9.78 Å². The lowest BCUT2D eigenvalue weighted by Crippen LogP contribution is -2.27. The lowest BCUT2D eigenvalue weighted by molar-refractivity contribution is 0.0514. The van der Waals surface area contributed by atoms with Gasteiger partial charge in [0.2, 0.25) is 0 Å². The Bertz CT molecular complexity index is 325. The van der Waals surface area contributed by atoms with Gasteiger partial charge in [0.1, 0.15) is 5.60 Å². The molecule has 0 aromatic carbocycles. The maximum Gasteiger partial charge on any atom is 0.435 e. The summed E-state index contributed by atoms with van der Waals surface area (Å²) in [7, 11) is 1.51. The van der Waals surface area contributed by atoms with Gasteiger partial charge in [-0.2, -0.15) is 9.78 Å². The van der Waals surface area contributed by atoms with Gasteiger partial charge in [-0.3, -0.25) is 0 Å². The van der Waals surface area contributed by atoms with Crippen molar-refractivity contribution in [3.63, 3.8) is 0 Å². The number of rotatable bonds is 1. The summed E-state index contributed by atoms with van der Waals surface area (Å²) in [5.74, 6) is 0.524. The van der Waals surface area contributed by atoms with Crippen molar-refractivity contribution >= 4 is 6.09 Å². The molecule has 0 saturated heterocycles. The van der Waals surface area contributed by atoms with E-state index in [2.05, 4.69) is 5.10 Å². The van der Waals surface area contributed by atoms with Crippen molar-refractivity contribution in [2.45, 2.75) is 26.4 Å². The molecule has 0 bridgehead atoms. The van der Waals surface area contributed by atoms with Gasteiger partial charge < -0.3 is 9.47 Å². The number of carbonyl (C=O) groups excluding carboxylic acids is 1. The molecule has 78 valence electrons. The number of hydrogen-bond donors (Lipinski definition) is 0. The van der Waals surface area contributed by atoms with Crippen LogP contribution in [0.3, 0.4) is 0 Å². The quantitative estimate of drug-likeness (QED) is 0.688. The van der Waals surface area contributed by atoms with E-state index in [1.54, 1.807) is 20.8 Å². The van der Waals surface area contributed by atoms with Crippen molar-refractivity contribution < 1.29 is 14.3 Å². The molecule has 0 fully saturated rings. The van der Waals surface area contributed by atoms with Crippen LogP contribution in [0.4, 0.5) is 4.79 Å². The Morgan fingerprint density at radius 2 is 2.14 bits per heavy atom. The molecule has 0 radical (unpaired) electrons.